The lowest BCUT2D eigenvalue weighted by Crippen LogP contribution is -2.53. The summed E-state index contributed by atoms with van der Waals surface area (Å²) in [6.07, 6.45) is 2.26. The first kappa shape index (κ1) is 16.5. The van der Waals surface area contributed by atoms with Crippen molar-refractivity contribution in [2.24, 2.45) is 11.7 Å². The fraction of sp³-hybridized carbons (Fsp3) is 0.375. The SMILES string of the molecule is CC(CN)(NC(=O)c1cc(-c2ccccc2)n[nH]1)C1CC1.Cl. The second-order valence-electron chi connectivity index (χ2n) is 5.88. The van der Waals surface area contributed by atoms with Gasteiger partial charge in [0.05, 0.1) is 11.2 Å². The molecule has 118 valence electrons. The second-order valence-corrected chi connectivity index (χ2v) is 5.88. The Morgan fingerprint density at radius 1 is 1.41 bits per heavy atom. The van der Waals surface area contributed by atoms with Gasteiger partial charge in [-0.25, -0.2) is 0 Å². The zero-order valence-corrected chi connectivity index (χ0v) is 13.3. The van der Waals surface area contributed by atoms with E-state index in [4.69, 9.17) is 5.73 Å². The minimum absolute atomic E-state index is 0. The molecule has 1 heterocycles. The lowest BCUT2D eigenvalue weighted by Gasteiger charge is -2.29. The van der Waals surface area contributed by atoms with Crippen molar-refractivity contribution in [2.75, 3.05) is 6.54 Å². The quantitative estimate of drug-likeness (QED) is 0.790. The topological polar surface area (TPSA) is 83.8 Å². The number of aromatic nitrogens is 2. The summed E-state index contributed by atoms with van der Waals surface area (Å²) in [5, 5.41) is 10.1. The largest absolute Gasteiger partial charge is 0.344 e. The van der Waals surface area contributed by atoms with Crippen molar-refractivity contribution in [3.05, 3.63) is 42.1 Å². The van der Waals surface area contributed by atoms with E-state index in [0.29, 0.717) is 18.2 Å². The molecule has 1 aliphatic rings. The summed E-state index contributed by atoms with van der Waals surface area (Å²) >= 11 is 0. The van der Waals surface area contributed by atoms with Gasteiger partial charge in [0.25, 0.3) is 5.91 Å². The summed E-state index contributed by atoms with van der Waals surface area (Å²) in [6, 6.07) is 11.5. The molecule has 1 amide bonds. The monoisotopic (exact) mass is 320 g/mol. The smallest absolute Gasteiger partial charge is 0.269 e. The lowest BCUT2D eigenvalue weighted by molar-refractivity contribution is 0.0892. The van der Waals surface area contributed by atoms with Crippen molar-refractivity contribution in [3.8, 4) is 11.3 Å². The van der Waals surface area contributed by atoms with Crippen LogP contribution in [0.15, 0.2) is 36.4 Å². The molecule has 1 aromatic heterocycles. The molecule has 0 spiro atoms. The van der Waals surface area contributed by atoms with Crippen LogP contribution in [-0.2, 0) is 0 Å². The van der Waals surface area contributed by atoms with Crippen LogP contribution < -0.4 is 11.1 Å². The predicted octanol–water partition coefficient (Wildman–Crippen LogP) is 2.36. The number of aromatic amines is 1. The highest BCUT2D eigenvalue weighted by Gasteiger charge is 2.41. The number of H-pyrrole nitrogens is 1. The van der Waals surface area contributed by atoms with Crippen LogP contribution in [0.3, 0.4) is 0 Å². The maximum absolute atomic E-state index is 12.4. The van der Waals surface area contributed by atoms with Gasteiger partial charge < -0.3 is 11.1 Å². The van der Waals surface area contributed by atoms with Crippen molar-refractivity contribution in [3.63, 3.8) is 0 Å². The molecular weight excluding hydrogens is 300 g/mol. The van der Waals surface area contributed by atoms with E-state index in [1.807, 2.05) is 37.3 Å². The number of nitrogens with one attached hydrogen (secondary N) is 2. The van der Waals surface area contributed by atoms with Crippen LogP contribution in [-0.4, -0.2) is 28.2 Å². The number of nitrogens with zero attached hydrogens (tertiary/aromatic N) is 1. The number of amides is 1. The van der Waals surface area contributed by atoms with Gasteiger partial charge in [-0.2, -0.15) is 5.10 Å². The molecule has 2 aromatic rings. The molecule has 1 unspecified atom stereocenters. The number of hydrogen-bond donors (Lipinski definition) is 3. The zero-order valence-electron chi connectivity index (χ0n) is 12.5. The standard InChI is InChI=1S/C16H20N4O.ClH/c1-16(10-17,12-7-8-12)18-15(21)14-9-13(19-20-14)11-5-3-2-4-6-11;/h2-6,9,12H,7-8,10,17H2,1H3,(H,18,21)(H,19,20);1H. The molecule has 5 nitrogen and oxygen atoms in total. The average molecular weight is 321 g/mol. The van der Waals surface area contributed by atoms with E-state index in [2.05, 4.69) is 15.5 Å². The highest BCUT2D eigenvalue weighted by molar-refractivity contribution is 5.93. The number of halogens is 1. The number of benzene rings is 1. The first-order valence-corrected chi connectivity index (χ1v) is 7.26. The summed E-state index contributed by atoms with van der Waals surface area (Å²) in [6.45, 7) is 2.46. The van der Waals surface area contributed by atoms with Gasteiger partial charge in [-0.3, -0.25) is 9.89 Å². The van der Waals surface area contributed by atoms with Crippen LogP contribution in [0.5, 0.6) is 0 Å². The molecule has 1 fully saturated rings. The molecule has 0 bridgehead atoms. The van der Waals surface area contributed by atoms with E-state index in [0.717, 1.165) is 24.1 Å². The van der Waals surface area contributed by atoms with Crippen LogP contribution in [0.2, 0.25) is 0 Å². The number of carbonyl (C=O) groups excluding carboxylic acids is 1. The van der Waals surface area contributed by atoms with Crippen molar-refractivity contribution < 1.29 is 4.79 Å². The van der Waals surface area contributed by atoms with Gasteiger partial charge in [0.1, 0.15) is 5.69 Å². The Hall–Kier alpha value is -1.85. The van der Waals surface area contributed by atoms with Crippen molar-refractivity contribution >= 4 is 18.3 Å². The molecule has 0 radical (unpaired) electrons. The molecule has 1 aliphatic carbocycles. The van der Waals surface area contributed by atoms with E-state index >= 15 is 0 Å². The normalized spacial score (nSPS) is 16.5. The summed E-state index contributed by atoms with van der Waals surface area (Å²) < 4.78 is 0. The predicted molar refractivity (Wildman–Crippen MR) is 88.9 cm³/mol. The number of hydrogen-bond acceptors (Lipinski definition) is 3. The van der Waals surface area contributed by atoms with Crippen LogP contribution >= 0.6 is 12.4 Å². The van der Waals surface area contributed by atoms with E-state index in [1.165, 1.54) is 0 Å². The minimum atomic E-state index is -0.324. The minimum Gasteiger partial charge on any atom is -0.344 e. The Bertz CT molecular complexity index is 639. The maximum Gasteiger partial charge on any atom is 0.269 e. The molecule has 1 aromatic carbocycles. The Morgan fingerprint density at radius 3 is 2.68 bits per heavy atom. The van der Waals surface area contributed by atoms with Gasteiger partial charge in [0.15, 0.2) is 0 Å². The summed E-state index contributed by atoms with van der Waals surface area (Å²) in [5.74, 6) is 0.340. The molecular formula is C16H21ClN4O. The van der Waals surface area contributed by atoms with Gasteiger partial charge in [0, 0.05) is 12.1 Å². The van der Waals surface area contributed by atoms with E-state index in [-0.39, 0.29) is 23.9 Å². The third-order valence-electron chi connectivity index (χ3n) is 4.19. The zero-order chi connectivity index (χ0) is 14.9. The Balaban J connectivity index is 0.00000176. The first-order valence-electron chi connectivity index (χ1n) is 7.26. The van der Waals surface area contributed by atoms with Crippen molar-refractivity contribution in [1.82, 2.24) is 15.5 Å². The molecule has 0 saturated heterocycles. The van der Waals surface area contributed by atoms with Crippen LogP contribution in [0.1, 0.15) is 30.3 Å². The second kappa shape index (κ2) is 6.50. The fourth-order valence-corrected chi connectivity index (χ4v) is 2.56. The Labute approximate surface area is 136 Å². The summed E-state index contributed by atoms with van der Waals surface area (Å²) in [4.78, 5) is 12.4. The van der Waals surface area contributed by atoms with E-state index in [1.54, 1.807) is 6.07 Å². The van der Waals surface area contributed by atoms with Gasteiger partial charge >= 0.3 is 0 Å². The maximum atomic E-state index is 12.4. The molecule has 3 rings (SSSR count). The highest BCUT2D eigenvalue weighted by Crippen LogP contribution is 2.39. The molecule has 0 aliphatic heterocycles. The van der Waals surface area contributed by atoms with Crippen molar-refractivity contribution in [1.29, 1.82) is 0 Å². The van der Waals surface area contributed by atoms with Crippen LogP contribution in [0.25, 0.3) is 11.3 Å². The van der Waals surface area contributed by atoms with Gasteiger partial charge in [-0.15, -0.1) is 12.4 Å². The molecule has 1 atom stereocenters. The molecule has 6 heteroatoms. The average Bonchev–Trinajstić information content (AvgIpc) is 3.26. The van der Waals surface area contributed by atoms with E-state index in [9.17, 15) is 4.79 Å². The highest BCUT2D eigenvalue weighted by atomic mass is 35.5. The number of nitrogens with two attached hydrogens (primary N) is 1. The third kappa shape index (κ3) is 3.31. The molecule has 22 heavy (non-hydrogen) atoms. The lowest BCUT2D eigenvalue weighted by atomic mass is 9.96. The fourth-order valence-electron chi connectivity index (χ4n) is 2.56. The van der Waals surface area contributed by atoms with Gasteiger partial charge in [-0.1, -0.05) is 30.3 Å². The van der Waals surface area contributed by atoms with Crippen LogP contribution in [0, 0.1) is 5.92 Å². The van der Waals surface area contributed by atoms with E-state index < -0.39 is 0 Å². The Kier molecular flexibility index (Phi) is 4.88. The van der Waals surface area contributed by atoms with Crippen molar-refractivity contribution in [2.45, 2.75) is 25.3 Å². The molecule has 1 saturated carbocycles. The first-order chi connectivity index (χ1) is 10.1. The van der Waals surface area contributed by atoms with Crippen LogP contribution in [0.4, 0.5) is 0 Å². The number of rotatable bonds is 5. The Morgan fingerprint density at radius 2 is 2.09 bits per heavy atom. The molecule has 4 N–H and O–H groups in total. The summed E-state index contributed by atoms with van der Waals surface area (Å²) in [7, 11) is 0. The van der Waals surface area contributed by atoms with Gasteiger partial charge in [0.2, 0.25) is 0 Å². The summed E-state index contributed by atoms with van der Waals surface area (Å²) in [5.41, 5.74) is 7.72. The van der Waals surface area contributed by atoms with Gasteiger partial charge in [-0.05, 0) is 31.7 Å². The number of carbonyl (C=O) groups is 1. The third-order valence-corrected chi connectivity index (χ3v) is 4.19.